The topological polar surface area (TPSA) is 111 Å². The van der Waals surface area contributed by atoms with Crippen molar-refractivity contribution in [1.82, 2.24) is 0 Å². The van der Waals surface area contributed by atoms with Crippen molar-refractivity contribution in [3.63, 3.8) is 0 Å². The molecule has 0 saturated heterocycles. The molecule has 0 fully saturated rings. The zero-order chi connectivity index (χ0) is 52.7. The summed E-state index contributed by atoms with van der Waals surface area (Å²) in [5.74, 6) is -2.26. The molecule has 0 bridgehead atoms. The van der Waals surface area contributed by atoms with Crippen molar-refractivity contribution < 1.29 is 42.9 Å². The molecule has 424 valence electrons. The monoisotopic (exact) mass is 1020 g/mol. The van der Waals surface area contributed by atoms with Crippen LogP contribution in [0.5, 0.6) is 0 Å². The molecule has 0 aliphatic carbocycles. The Balaban J connectivity index is 4.03. The molecule has 0 heterocycles. The van der Waals surface area contributed by atoms with Crippen LogP contribution in [0, 0.1) is 0 Å². The van der Waals surface area contributed by atoms with Gasteiger partial charge in [-0.1, -0.05) is 269 Å². The Morgan fingerprint density at radius 3 is 1.10 bits per heavy atom. The van der Waals surface area contributed by atoms with Gasteiger partial charge in [0.25, 0.3) is 0 Å². The van der Waals surface area contributed by atoms with Gasteiger partial charge in [0.2, 0.25) is 0 Å². The number of carboxylic acids is 1. The molecular weight excluding hydrogens is 899 g/mol. The minimum absolute atomic E-state index is 0.152. The molecule has 9 nitrogen and oxygen atoms in total. The SMILES string of the molecule is CCCCCCC/C=C\C/C=C\CCCCCCCCCCCCCCCCCCCCCCCC(=O)OC(COC(=O)CCCCCCCCCCCCCCCC)COC(OCC[N+](C)(C)C)C(=O)[O-]. The molecule has 72 heavy (non-hydrogen) atoms. The number of esters is 2. The van der Waals surface area contributed by atoms with E-state index in [9.17, 15) is 19.5 Å². The first-order valence-corrected chi connectivity index (χ1v) is 31.0. The van der Waals surface area contributed by atoms with E-state index in [0.717, 1.165) is 44.9 Å². The Bertz CT molecular complexity index is 1230. The van der Waals surface area contributed by atoms with Crippen LogP contribution in [0.15, 0.2) is 24.3 Å². The summed E-state index contributed by atoms with van der Waals surface area (Å²) >= 11 is 0. The predicted octanol–water partition coefficient (Wildman–Crippen LogP) is 17.0. The highest BCUT2D eigenvalue weighted by molar-refractivity contribution is 5.70. The molecule has 0 saturated carbocycles. The van der Waals surface area contributed by atoms with Gasteiger partial charge < -0.3 is 33.3 Å². The molecule has 9 heteroatoms. The third-order valence-electron chi connectivity index (χ3n) is 14.0. The van der Waals surface area contributed by atoms with Crippen LogP contribution in [0.2, 0.25) is 0 Å². The zero-order valence-corrected chi connectivity index (χ0v) is 48.3. The molecule has 0 aromatic rings. The largest absolute Gasteiger partial charge is 0.545 e. The van der Waals surface area contributed by atoms with E-state index < -0.39 is 24.3 Å². The number of nitrogens with zero attached hydrogens (tertiary/aromatic N) is 1. The van der Waals surface area contributed by atoms with E-state index in [4.69, 9.17) is 18.9 Å². The Morgan fingerprint density at radius 2 is 0.750 bits per heavy atom. The fraction of sp³-hybridized carbons (Fsp3) is 0.889. The maximum absolute atomic E-state index is 12.9. The summed E-state index contributed by atoms with van der Waals surface area (Å²) < 4.78 is 22.7. The number of hydrogen-bond acceptors (Lipinski definition) is 8. The van der Waals surface area contributed by atoms with Gasteiger partial charge in [0, 0.05) is 12.8 Å². The number of carbonyl (C=O) groups excluding carboxylic acids is 3. The van der Waals surface area contributed by atoms with Gasteiger partial charge >= 0.3 is 11.9 Å². The van der Waals surface area contributed by atoms with Gasteiger partial charge in [0.1, 0.15) is 13.2 Å². The molecule has 0 amide bonds. The average molecular weight is 1020 g/mol. The van der Waals surface area contributed by atoms with Gasteiger partial charge in [0.05, 0.1) is 40.3 Å². The van der Waals surface area contributed by atoms with Crippen LogP contribution in [0.1, 0.15) is 303 Å². The van der Waals surface area contributed by atoms with Crippen LogP contribution in [0.3, 0.4) is 0 Å². The zero-order valence-electron chi connectivity index (χ0n) is 48.3. The summed E-state index contributed by atoms with van der Waals surface area (Å²) in [5, 5.41) is 11.8. The van der Waals surface area contributed by atoms with Crippen molar-refractivity contribution in [3.8, 4) is 0 Å². The van der Waals surface area contributed by atoms with Crippen molar-refractivity contribution in [3.05, 3.63) is 24.3 Å². The summed E-state index contributed by atoms with van der Waals surface area (Å²) in [4.78, 5) is 37.3. The van der Waals surface area contributed by atoms with Crippen LogP contribution in [0.4, 0.5) is 0 Å². The van der Waals surface area contributed by atoms with Crippen LogP contribution in [0.25, 0.3) is 0 Å². The Morgan fingerprint density at radius 1 is 0.417 bits per heavy atom. The molecule has 0 radical (unpaired) electrons. The Hall–Kier alpha value is -2.23. The van der Waals surface area contributed by atoms with Crippen molar-refractivity contribution in [2.24, 2.45) is 0 Å². The van der Waals surface area contributed by atoms with E-state index in [1.54, 1.807) is 0 Å². The van der Waals surface area contributed by atoms with Crippen LogP contribution in [-0.4, -0.2) is 82.3 Å². The number of hydrogen-bond donors (Lipinski definition) is 0. The number of likely N-dealkylation sites (N-methyl/N-ethyl adjacent to an activating group) is 1. The number of aliphatic carboxylic acids is 1. The molecule has 0 spiro atoms. The van der Waals surface area contributed by atoms with E-state index in [0.29, 0.717) is 17.4 Å². The van der Waals surface area contributed by atoms with Gasteiger partial charge in [-0.05, 0) is 44.9 Å². The molecular formula is C63H119NO8. The van der Waals surface area contributed by atoms with Gasteiger partial charge in [-0.25, -0.2) is 0 Å². The van der Waals surface area contributed by atoms with Crippen LogP contribution >= 0.6 is 0 Å². The number of carbonyl (C=O) groups is 3. The fourth-order valence-corrected chi connectivity index (χ4v) is 9.16. The molecule has 0 aromatic heterocycles. The second-order valence-corrected chi connectivity index (χ2v) is 22.4. The van der Waals surface area contributed by atoms with E-state index >= 15 is 0 Å². The van der Waals surface area contributed by atoms with Gasteiger partial charge in [-0.15, -0.1) is 0 Å². The molecule has 0 aliphatic heterocycles. The van der Waals surface area contributed by atoms with E-state index in [1.165, 1.54) is 231 Å². The number of quaternary nitrogens is 1. The normalized spacial score (nSPS) is 12.8. The standard InChI is InChI=1S/C63H119NO8/c1-6-8-10-12-14-16-18-20-22-23-24-25-26-27-28-29-30-31-32-33-34-35-36-37-38-39-40-42-44-46-48-50-52-54-61(66)72-59(58-71-63(62(67)68)69-56-55-64(3,4)5)57-70-60(65)53-51-49-47-45-43-41-21-19-17-15-13-11-9-7-2/h18,20,23-24,59,63H,6-17,19,21-22,25-58H2,1-5H3/b20-18-,24-23-. The summed E-state index contributed by atoms with van der Waals surface area (Å²) in [6, 6.07) is 0. The van der Waals surface area contributed by atoms with E-state index in [-0.39, 0.29) is 32.2 Å². The molecule has 2 unspecified atom stereocenters. The smallest absolute Gasteiger partial charge is 0.306 e. The lowest BCUT2D eigenvalue weighted by Crippen LogP contribution is -2.44. The highest BCUT2D eigenvalue weighted by Crippen LogP contribution is 2.18. The van der Waals surface area contributed by atoms with Gasteiger partial charge in [-0.2, -0.15) is 0 Å². The minimum atomic E-state index is -1.62. The first-order chi connectivity index (χ1) is 35.1. The summed E-state index contributed by atoms with van der Waals surface area (Å²) in [5.41, 5.74) is 0. The number of unbranched alkanes of at least 4 members (excludes halogenated alkanes) is 39. The summed E-state index contributed by atoms with van der Waals surface area (Å²) in [7, 11) is 5.93. The number of ether oxygens (including phenoxy) is 4. The maximum atomic E-state index is 12.9. The Kier molecular flexibility index (Phi) is 53.3. The second-order valence-electron chi connectivity index (χ2n) is 22.4. The summed E-state index contributed by atoms with van der Waals surface area (Å²) in [6.45, 7) is 4.78. The van der Waals surface area contributed by atoms with Crippen molar-refractivity contribution >= 4 is 17.9 Å². The van der Waals surface area contributed by atoms with Crippen molar-refractivity contribution in [1.29, 1.82) is 0 Å². The third kappa shape index (κ3) is 55.5. The highest BCUT2D eigenvalue weighted by Gasteiger charge is 2.22. The fourth-order valence-electron chi connectivity index (χ4n) is 9.16. The Labute approximate surface area is 446 Å². The molecule has 0 aliphatic rings. The first kappa shape index (κ1) is 69.8. The van der Waals surface area contributed by atoms with E-state index in [2.05, 4.69) is 38.2 Å². The molecule has 2 atom stereocenters. The minimum Gasteiger partial charge on any atom is -0.545 e. The number of allylic oxidation sites excluding steroid dienone is 4. The molecule has 0 aromatic carbocycles. The summed E-state index contributed by atoms with van der Waals surface area (Å²) in [6.07, 6.45) is 62.5. The lowest BCUT2D eigenvalue weighted by molar-refractivity contribution is -0.870. The quantitative estimate of drug-likeness (QED) is 0.0195. The molecule has 0 N–H and O–H groups in total. The van der Waals surface area contributed by atoms with Crippen LogP contribution < -0.4 is 5.11 Å². The first-order valence-electron chi connectivity index (χ1n) is 31.0. The number of carboxylic acid groups (broad SMARTS) is 1. The van der Waals surface area contributed by atoms with Gasteiger partial charge in [0.15, 0.2) is 12.4 Å². The number of rotatable bonds is 58. The van der Waals surface area contributed by atoms with Crippen molar-refractivity contribution in [2.75, 3.05) is 47.5 Å². The van der Waals surface area contributed by atoms with Gasteiger partial charge in [-0.3, -0.25) is 9.59 Å². The highest BCUT2D eigenvalue weighted by atomic mass is 16.7. The lowest BCUT2D eigenvalue weighted by Gasteiger charge is -2.26. The lowest BCUT2D eigenvalue weighted by atomic mass is 10.0. The van der Waals surface area contributed by atoms with E-state index in [1.807, 2.05) is 21.1 Å². The average Bonchev–Trinajstić information content (AvgIpc) is 3.35. The second kappa shape index (κ2) is 55.0. The van der Waals surface area contributed by atoms with Crippen molar-refractivity contribution in [2.45, 2.75) is 315 Å². The third-order valence-corrected chi connectivity index (χ3v) is 14.0. The van der Waals surface area contributed by atoms with Crippen LogP contribution in [-0.2, 0) is 33.3 Å². The predicted molar refractivity (Wildman–Crippen MR) is 302 cm³/mol. The molecule has 0 rings (SSSR count). The maximum Gasteiger partial charge on any atom is 0.306 e.